The summed E-state index contributed by atoms with van der Waals surface area (Å²) in [6.07, 6.45) is 0. The van der Waals surface area contributed by atoms with Gasteiger partial charge in [0.25, 0.3) is 15.9 Å². The highest BCUT2D eigenvalue weighted by molar-refractivity contribution is 7.94. The molecule has 0 atom stereocenters. The average molecular weight is 366 g/mol. The van der Waals surface area contributed by atoms with Gasteiger partial charge in [-0.25, -0.2) is 8.42 Å². The monoisotopic (exact) mass is 366 g/mol. The largest absolute Gasteiger partial charge is 0.378 e. The molecule has 6 nitrogen and oxygen atoms in total. The van der Waals surface area contributed by atoms with E-state index in [-0.39, 0.29) is 10.1 Å². The van der Waals surface area contributed by atoms with Crippen LogP contribution in [0.5, 0.6) is 0 Å². The lowest BCUT2D eigenvalue weighted by Crippen LogP contribution is -2.40. The van der Waals surface area contributed by atoms with Crippen LogP contribution >= 0.6 is 11.3 Å². The second-order valence-electron chi connectivity index (χ2n) is 5.53. The van der Waals surface area contributed by atoms with Gasteiger partial charge in [0.1, 0.15) is 4.21 Å². The van der Waals surface area contributed by atoms with Crippen molar-refractivity contribution in [3.8, 4) is 0 Å². The zero-order valence-corrected chi connectivity index (χ0v) is 14.8. The number of aryl methyl sites for hydroxylation is 1. The molecule has 3 rings (SSSR count). The fourth-order valence-corrected chi connectivity index (χ4v) is 4.56. The second kappa shape index (κ2) is 6.92. The minimum Gasteiger partial charge on any atom is -0.378 e. The number of carbonyl (C=O) groups is 1. The van der Waals surface area contributed by atoms with Gasteiger partial charge >= 0.3 is 0 Å². The molecule has 2 heterocycles. The normalized spacial score (nSPS) is 15.3. The zero-order valence-electron chi connectivity index (χ0n) is 13.2. The van der Waals surface area contributed by atoms with Crippen molar-refractivity contribution in [2.75, 3.05) is 31.0 Å². The Balaban J connectivity index is 1.76. The summed E-state index contributed by atoms with van der Waals surface area (Å²) < 4.78 is 32.8. The Kier molecular flexibility index (Phi) is 4.88. The molecule has 0 aliphatic carbocycles. The number of hydrogen-bond donors (Lipinski definition) is 1. The number of ether oxygens (including phenoxy) is 1. The van der Waals surface area contributed by atoms with Crippen LogP contribution in [-0.4, -0.2) is 45.5 Å². The molecule has 1 fully saturated rings. The van der Waals surface area contributed by atoms with E-state index in [4.69, 9.17) is 4.74 Å². The predicted octanol–water partition coefficient (Wildman–Crippen LogP) is 2.33. The van der Waals surface area contributed by atoms with Crippen LogP contribution in [0, 0.1) is 6.92 Å². The van der Waals surface area contributed by atoms with Crippen LogP contribution in [0.15, 0.2) is 39.9 Å². The fraction of sp³-hybridized carbons (Fsp3) is 0.312. The van der Waals surface area contributed by atoms with Gasteiger partial charge in [-0.2, -0.15) is 0 Å². The third-order valence-electron chi connectivity index (χ3n) is 3.69. The second-order valence-corrected chi connectivity index (χ2v) is 8.35. The summed E-state index contributed by atoms with van der Waals surface area (Å²) in [4.78, 5) is 14.1. The molecule has 0 bridgehead atoms. The molecule has 1 aliphatic rings. The minimum absolute atomic E-state index is 0.125. The quantitative estimate of drug-likeness (QED) is 0.901. The van der Waals surface area contributed by atoms with Crippen LogP contribution in [-0.2, 0) is 14.8 Å². The highest BCUT2D eigenvalue weighted by Crippen LogP contribution is 2.24. The number of benzene rings is 1. The number of amides is 1. The Bertz CT molecular complexity index is 822. The average Bonchev–Trinajstić information content (AvgIpc) is 3.08. The van der Waals surface area contributed by atoms with Crippen molar-refractivity contribution in [3.05, 3.63) is 46.8 Å². The number of anilines is 1. The maximum Gasteiger partial charge on any atom is 0.271 e. The van der Waals surface area contributed by atoms with Crippen molar-refractivity contribution in [2.45, 2.75) is 11.1 Å². The molecule has 2 aromatic rings. The van der Waals surface area contributed by atoms with E-state index in [9.17, 15) is 13.2 Å². The molecule has 0 unspecified atom stereocenters. The summed E-state index contributed by atoms with van der Waals surface area (Å²) in [6.45, 7) is 4.00. The van der Waals surface area contributed by atoms with Gasteiger partial charge in [0.15, 0.2) is 0 Å². The maximum atomic E-state index is 12.5. The Labute approximate surface area is 145 Å². The molecule has 0 saturated carbocycles. The number of hydrogen-bond acceptors (Lipinski definition) is 5. The third kappa shape index (κ3) is 3.77. The van der Waals surface area contributed by atoms with E-state index in [0.29, 0.717) is 37.6 Å². The van der Waals surface area contributed by atoms with E-state index in [0.717, 1.165) is 16.9 Å². The van der Waals surface area contributed by atoms with Gasteiger partial charge in [-0.15, -0.1) is 11.3 Å². The van der Waals surface area contributed by atoms with Gasteiger partial charge in [-0.3, -0.25) is 9.52 Å². The van der Waals surface area contributed by atoms with Crippen molar-refractivity contribution < 1.29 is 17.9 Å². The summed E-state index contributed by atoms with van der Waals surface area (Å²) >= 11 is 1.04. The van der Waals surface area contributed by atoms with E-state index in [1.165, 1.54) is 6.07 Å². The Hall–Kier alpha value is -1.90. The lowest BCUT2D eigenvalue weighted by Gasteiger charge is -2.26. The molecule has 0 radical (unpaired) electrons. The zero-order chi connectivity index (χ0) is 17.2. The van der Waals surface area contributed by atoms with Crippen molar-refractivity contribution in [2.24, 2.45) is 0 Å². The smallest absolute Gasteiger partial charge is 0.271 e. The van der Waals surface area contributed by atoms with Gasteiger partial charge in [-0.1, -0.05) is 17.7 Å². The SMILES string of the molecule is Cc1ccc(NS(=O)(=O)c2cc(C(=O)N3CCOCC3)cs2)cc1. The van der Waals surface area contributed by atoms with Crippen LogP contribution in [0.1, 0.15) is 15.9 Å². The Morgan fingerprint density at radius 1 is 1.21 bits per heavy atom. The van der Waals surface area contributed by atoms with E-state index in [2.05, 4.69) is 4.72 Å². The highest BCUT2D eigenvalue weighted by atomic mass is 32.2. The maximum absolute atomic E-state index is 12.5. The molecule has 1 N–H and O–H groups in total. The van der Waals surface area contributed by atoms with Gasteiger partial charge in [-0.05, 0) is 25.1 Å². The third-order valence-corrected chi connectivity index (χ3v) is 6.51. The van der Waals surface area contributed by atoms with Gasteiger partial charge in [0.2, 0.25) is 0 Å². The molecule has 1 aromatic heterocycles. The van der Waals surface area contributed by atoms with E-state index >= 15 is 0 Å². The van der Waals surface area contributed by atoms with Crippen LogP contribution in [0.2, 0.25) is 0 Å². The number of nitrogens with zero attached hydrogens (tertiary/aromatic N) is 1. The molecule has 8 heteroatoms. The number of rotatable bonds is 4. The molecular weight excluding hydrogens is 348 g/mol. The number of sulfonamides is 1. The number of nitrogens with one attached hydrogen (secondary N) is 1. The van der Waals surface area contributed by atoms with Crippen LogP contribution in [0.4, 0.5) is 5.69 Å². The van der Waals surface area contributed by atoms with E-state index in [1.54, 1.807) is 22.4 Å². The first-order valence-electron chi connectivity index (χ1n) is 7.51. The Morgan fingerprint density at radius 2 is 1.88 bits per heavy atom. The summed E-state index contributed by atoms with van der Waals surface area (Å²) in [5.41, 5.74) is 1.94. The summed E-state index contributed by atoms with van der Waals surface area (Å²) in [6, 6.07) is 8.51. The predicted molar refractivity (Wildman–Crippen MR) is 93.0 cm³/mol. The van der Waals surface area contributed by atoms with E-state index < -0.39 is 10.0 Å². The molecule has 0 spiro atoms. The van der Waals surface area contributed by atoms with Crippen molar-refractivity contribution in [1.82, 2.24) is 4.90 Å². The van der Waals surface area contributed by atoms with Crippen LogP contribution in [0.3, 0.4) is 0 Å². The number of morpholine rings is 1. The van der Waals surface area contributed by atoms with Gasteiger partial charge in [0, 0.05) is 24.2 Å². The van der Waals surface area contributed by atoms with Crippen molar-refractivity contribution in [1.29, 1.82) is 0 Å². The first-order valence-corrected chi connectivity index (χ1v) is 9.87. The van der Waals surface area contributed by atoms with Crippen LogP contribution < -0.4 is 4.72 Å². The van der Waals surface area contributed by atoms with E-state index in [1.807, 2.05) is 19.1 Å². The summed E-state index contributed by atoms with van der Waals surface area (Å²) in [5.74, 6) is -0.161. The molecule has 1 aromatic carbocycles. The summed E-state index contributed by atoms with van der Waals surface area (Å²) in [5, 5.41) is 1.58. The molecule has 1 saturated heterocycles. The number of carbonyl (C=O) groups excluding carboxylic acids is 1. The molecule has 1 aliphatic heterocycles. The fourth-order valence-electron chi connectivity index (χ4n) is 2.35. The summed E-state index contributed by atoms with van der Waals surface area (Å²) in [7, 11) is -3.70. The van der Waals surface area contributed by atoms with Gasteiger partial charge < -0.3 is 9.64 Å². The lowest BCUT2D eigenvalue weighted by molar-refractivity contribution is 0.0303. The standard InChI is InChI=1S/C16H18N2O4S2/c1-12-2-4-14(5-3-12)17-24(20,21)15-10-13(11-23-15)16(19)18-6-8-22-9-7-18/h2-5,10-11,17H,6-9H2,1H3. The topological polar surface area (TPSA) is 75.7 Å². The highest BCUT2D eigenvalue weighted by Gasteiger charge is 2.23. The lowest BCUT2D eigenvalue weighted by atomic mass is 10.2. The van der Waals surface area contributed by atoms with Crippen molar-refractivity contribution in [3.63, 3.8) is 0 Å². The number of thiophene rings is 1. The molecule has 24 heavy (non-hydrogen) atoms. The first-order chi connectivity index (χ1) is 11.5. The van der Waals surface area contributed by atoms with Crippen LogP contribution in [0.25, 0.3) is 0 Å². The first kappa shape index (κ1) is 16.9. The minimum atomic E-state index is -3.70. The van der Waals surface area contributed by atoms with Crippen molar-refractivity contribution >= 4 is 33.0 Å². The van der Waals surface area contributed by atoms with Gasteiger partial charge in [0.05, 0.1) is 18.8 Å². The molecular formula is C16H18N2O4S2. The molecule has 128 valence electrons. The Morgan fingerprint density at radius 3 is 2.54 bits per heavy atom. The molecule has 1 amide bonds.